The van der Waals surface area contributed by atoms with Crippen molar-refractivity contribution in [1.29, 1.82) is 0 Å². The highest BCUT2D eigenvalue weighted by atomic mass is 32.2. The first-order chi connectivity index (χ1) is 17.6. The number of fused-ring (bicyclic) bond motifs is 1. The van der Waals surface area contributed by atoms with Gasteiger partial charge in [-0.1, -0.05) is 12.1 Å². The van der Waals surface area contributed by atoms with Gasteiger partial charge in [-0.2, -0.15) is 5.10 Å². The van der Waals surface area contributed by atoms with Crippen molar-refractivity contribution in [2.24, 2.45) is 0 Å². The van der Waals surface area contributed by atoms with E-state index in [4.69, 9.17) is 14.7 Å². The van der Waals surface area contributed by atoms with Gasteiger partial charge in [0.25, 0.3) is 0 Å². The predicted molar refractivity (Wildman–Crippen MR) is 144 cm³/mol. The maximum absolute atomic E-state index is 12.4. The minimum absolute atomic E-state index is 0.123. The third kappa shape index (κ3) is 7.20. The second-order valence-corrected chi connectivity index (χ2v) is 10.5. The Hall–Kier alpha value is -4.12. The zero-order valence-corrected chi connectivity index (χ0v) is 22.1. The summed E-state index contributed by atoms with van der Waals surface area (Å²) >= 11 is 1.41. The molecule has 4 rings (SSSR count). The Morgan fingerprint density at radius 2 is 1.81 bits per heavy atom. The molecule has 10 nitrogen and oxygen atoms in total. The van der Waals surface area contributed by atoms with Crippen molar-refractivity contribution in [2.45, 2.75) is 43.3 Å². The van der Waals surface area contributed by atoms with Gasteiger partial charge in [0.1, 0.15) is 23.8 Å². The van der Waals surface area contributed by atoms with Crippen molar-refractivity contribution < 1.29 is 14.3 Å². The Kier molecular flexibility index (Phi) is 7.63. The fourth-order valence-corrected chi connectivity index (χ4v) is 4.11. The fourth-order valence-electron chi connectivity index (χ4n) is 3.34. The SMILES string of the molecule is Cc1cc(Nc2nc(Sc3ccc(NC(=O)CN(C)C(=O)OC(C)(C)C)cc3)nc3ccccc23)[nH]n1. The van der Waals surface area contributed by atoms with Crippen molar-refractivity contribution in [2.75, 3.05) is 24.2 Å². The highest BCUT2D eigenvalue weighted by molar-refractivity contribution is 7.99. The van der Waals surface area contributed by atoms with Gasteiger partial charge in [0.05, 0.1) is 11.2 Å². The van der Waals surface area contributed by atoms with Gasteiger partial charge in [-0.15, -0.1) is 0 Å². The van der Waals surface area contributed by atoms with Crippen LogP contribution in [-0.2, 0) is 9.53 Å². The summed E-state index contributed by atoms with van der Waals surface area (Å²) < 4.78 is 5.28. The summed E-state index contributed by atoms with van der Waals surface area (Å²) in [6, 6.07) is 17.0. The maximum atomic E-state index is 12.4. The average Bonchev–Trinajstić information content (AvgIpc) is 3.23. The first-order valence-corrected chi connectivity index (χ1v) is 12.4. The molecule has 0 unspecified atom stereocenters. The number of ether oxygens (including phenoxy) is 1. The van der Waals surface area contributed by atoms with Crippen molar-refractivity contribution in [3.8, 4) is 0 Å². The van der Waals surface area contributed by atoms with Crippen LogP contribution < -0.4 is 10.6 Å². The Bertz CT molecular complexity index is 1410. The number of hydrogen-bond acceptors (Lipinski definition) is 8. The van der Waals surface area contributed by atoms with Crippen LogP contribution in [0, 0.1) is 6.92 Å². The summed E-state index contributed by atoms with van der Waals surface area (Å²) in [6.45, 7) is 7.12. The maximum Gasteiger partial charge on any atom is 0.410 e. The second kappa shape index (κ2) is 10.9. The molecule has 0 spiro atoms. The van der Waals surface area contributed by atoms with E-state index in [1.807, 2.05) is 49.4 Å². The minimum Gasteiger partial charge on any atom is -0.444 e. The molecule has 0 fully saturated rings. The third-order valence-corrected chi connectivity index (χ3v) is 5.85. The number of aromatic amines is 1. The van der Waals surface area contributed by atoms with Gasteiger partial charge in [-0.05, 0) is 75.9 Å². The number of H-pyrrole nitrogens is 1. The zero-order chi connectivity index (χ0) is 26.6. The molecule has 0 aliphatic carbocycles. The van der Waals surface area contributed by atoms with Gasteiger partial charge in [-0.25, -0.2) is 14.8 Å². The van der Waals surface area contributed by atoms with Gasteiger partial charge in [-0.3, -0.25) is 9.89 Å². The molecular formula is C26H29N7O3S. The summed E-state index contributed by atoms with van der Waals surface area (Å²) in [7, 11) is 1.52. The van der Waals surface area contributed by atoms with E-state index >= 15 is 0 Å². The van der Waals surface area contributed by atoms with Gasteiger partial charge in [0.2, 0.25) is 5.91 Å². The van der Waals surface area contributed by atoms with Crippen molar-refractivity contribution >= 4 is 52.0 Å². The van der Waals surface area contributed by atoms with Crippen LogP contribution in [0.15, 0.2) is 64.6 Å². The number of aryl methyl sites for hydroxylation is 1. The molecule has 0 atom stereocenters. The van der Waals surface area contributed by atoms with E-state index in [1.54, 1.807) is 32.9 Å². The number of carbonyl (C=O) groups excluding carboxylic acids is 2. The molecule has 0 aliphatic rings. The monoisotopic (exact) mass is 519 g/mol. The number of hydrogen-bond donors (Lipinski definition) is 3. The van der Waals surface area contributed by atoms with Gasteiger partial charge in [0, 0.05) is 29.1 Å². The van der Waals surface area contributed by atoms with Crippen LogP contribution in [-0.4, -0.2) is 56.3 Å². The number of amides is 2. The summed E-state index contributed by atoms with van der Waals surface area (Å²) in [5.41, 5.74) is 1.68. The lowest BCUT2D eigenvalue weighted by atomic mass is 10.2. The highest BCUT2D eigenvalue weighted by Gasteiger charge is 2.21. The fraction of sp³-hybridized carbons (Fsp3) is 0.269. The topological polar surface area (TPSA) is 125 Å². The van der Waals surface area contributed by atoms with E-state index in [0.29, 0.717) is 16.7 Å². The normalized spacial score (nSPS) is 11.3. The zero-order valence-electron chi connectivity index (χ0n) is 21.3. The number of carbonyl (C=O) groups is 2. The first-order valence-electron chi connectivity index (χ1n) is 11.6. The van der Waals surface area contributed by atoms with Crippen LogP contribution in [0.3, 0.4) is 0 Å². The molecule has 0 aliphatic heterocycles. The van der Waals surface area contributed by atoms with Crippen LogP contribution in [0.4, 0.5) is 22.1 Å². The molecule has 2 aromatic carbocycles. The standard InChI is InChI=1S/C26H29N7O3S/c1-16-14-21(32-31-16)29-23-19-8-6-7-9-20(19)28-24(30-23)37-18-12-10-17(11-13-18)27-22(34)15-33(5)25(35)36-26(2,3)4/h6-14H,15H2,1-5H3,(H,27,34)(H2,28,29,30,31,32). The van der Waals surface area contributed by atoms with Crippen molar-refractivity contribution in [1.82, 2.24) is 25.1 Å². The smallest absolute Gasteiger partial charge is 0.410 e. The molecule has 2 heterocycles. The molecule has 0 saturated heterocycles. The molecule has 3 N–H and O–H groups in total. The lowest BCUT2D eigenvalue weighted by Gasteiger charge is -2.24. The molecule has 11 heteroatoms. The lowest BCUT2D eigenvalue weighted by Crippen LogP contribution is -2.38. The third-order valence-electron chi connectivity index (χ3n) is 4.97. The molecule has 2 amide bonds. The number of likely N-dealkylation sites (N-methyl/N-ethyl adjacent to an activating group) is 1. The predicted octanol–water partition coefficient (Wildman–Crippen LogP) is 5.36. The molecule has 37 heavy (non-hydrogen) atoms. The number of rotatable bonds is 7. The Balaban J connectivity index is 1.42. The van der Waals surface area contributed by atoms with Crippen LogP contribution >= 0.6 is 11.8 Å². The number of para-hydroxylation sites is 1. The number of benzene rings is 2. The Morgan fingerprint density at radius 3 is 2.49 bits per heavy atom. The Morgan fingerprint density at radius 1 is 1.08 bits per heavy atom. The van der Waals surface area contributed by atoms with Crippen LogP contribution in [0.25, 0.3) is 10.9 Å². The van der Waals surface area contributed by atoms with E-state index in [9.17, 15) is 9.59 Å². The largest absolute Gasteiger partial charge is 0.444 e. The molecule has 192 valence electrons. The molecular weight excluding hydrogens is 490 g/mol. The van der Waals surface area contributed by atoms with Gasteiger partial charge < -0.3 is 20.3 Å². The van der Waals surface area contributed by atoms with Crippen LogP contribution in [0.2, 0.25) is 0 Å². The average molecular weight is 520 g/mol. The molecule has 4 aromatic rings. The number of anilines is 3. The minimum atomic E-state index is -0.626. The van der Waals surface area contributed by atoms with E-state index in [2.05, 4.69) is 20.8 Å². The molecule has 0 bridgehead atoms. The van der Waals surface area contributed by atoms with E-state index in [0.717, 1.165) is 27.3 Å². The summed E-state index contributed by atoms with van der Waals surface area (Å²) in [4.78, 5) is 36.0. The molecule has 2 aromatic heterocycles. The molecule has 0 saturated carbocycles. The van der Waals surface area contributed by atoms with E-state index in [1.165, 1.54) is 23.7 Å². The highest BCUT2D eigenvalue weighted by Crippen LogP contribution is 2.31. The number of aromatic nitrogens is 4. The van der Waals surface area contributed by atoms with E-state index < -0.39 is 11.7 Å². The molecule has 0 radical (unpaired) electrons. The Labute approximate surface area is 219 Å². The summed E-state index contributed by atoms with van der Waals surface area (Å²) in [5.74, 6) is 1.10. The van der Waals surface area contributed by atoms with Crippen LogP contribution in [0.1, 0.15) is 26.5 Å². The number of nitrogens with one attached hydrogen (secondary N) is 3. The van der Waals surface area contributed by atoms with Gasteiger partial charge >= 0.3 is 6.09 Å². The lowest BCUT2D eigenvalue weighted by molar-refractivity contribution is -0.117. The first kappa shape index (κ1) is 26.0. The summed E-state index contributed by atoms with van der Waals surface area (Å²) in [6.07, 6.45) is -0.554. The van der Waals surface area contributed by atoms with E-state index in [-0.39, 0.29) is 12.5 Å². The second-order valence-electron chi connectivity index (χ2n) is 9.43. The van der Waals surface area contributed by atoms with Crippen molar-refractivity contribution in [3.05, 3.63) is 60.3 Å². The van der Waals surface area contributed by atoms with Crippen LogP contribution in [0.5, 0.6) is 0 Å². The quantitative estimate of drug-likeness (QED) is 0.279. The summed E-state index contributed by atoms with van der Waals surface area (Å²) in [5, 5.41) is 14.7. The van der Waals surface area contributed by atoms with Gasteiger partial charge in [0.15, 0.2) is 5.16 Å². The van der Waals surface area contributed by atoms with Crippen molar-refractivity contribution in [3.63, 3.8) is 0 Å². The number of nitrogens with zero attached hydrogens (tertiary/aromatic N) is 4.